The fourth-order valence-electron chi connectivity index (χ4n) is 3.02. The minimum absolute atomic E-state index is 0.521. The monoisotopic (exact) mass is 421 g/mol. The van der Waals surface area contributed by atoms with Crippen LogP contribution in [-0.4, -0.2) is 31.2 Å². The van der Waals surface area contributed by atoms with Crippen molar-refractivity contribution in [1.82, 2.24) is 4.68 Å². The minimum atomic E-state index is 0.521. The van der Waals surface area contributed by atoms with Gasteiger partial charge in [0.05, 0.1) is 32.2 Å². The van der Waals surface area contributed by atoms with Crippen molar-refractivity contribution < 1.29 is 9.47 Å². The summed E-state index contributed by atoms with van der Waals surface area (Å²) < 4.78 is 12.9. The summed E-state index contributed by atoms with van der Waals surface area (Å²) in [5.74, 6) is 1.50. The Bertz CT molecular complexity index is 1160. The van der Waals surface area contributed by atoms with Gasteiger partial charge in [-0.2, -0.15) is 5.10 Å². The summed E-state index contributed by atoms with van der Waals surface area (Å²) in [6.07, 6.45) is 1.77. The zero-order valence-electron chi connectivity index (χ0n) is 18.1. The predicted molar refractivity (Wildman–Crippen MR) is 125 cm³/mol. The summed E-state index contributed by atoms with van der Waals surface area (Å²) in [4.78, 5) is 5.42. The lowest BCUT2D eigenvalue weighted by Gasteiger charge is -2.12. The van der Waals surface area contributed by atoms with Crippen LogP contribution in [0.3, 0.4) is 0 Å². The van der Waals surface area contributed by atoms with Crippen molar-refractivity contribution in [3.63, 3.8) is 0 Å². The lowest BCUT2D eigenvalue weighted by molar-refractivity contribution is 0.404. The summed E-state index contributed by atoms with van der Waals surface area (Å²) >= 11 is 1.53. The van der Waals surface area contributed by atoms with E-state index in [0.29, 0.717) is 6.54 Å². The van der Waals surface area contributed by atoms with E-state index in [1.807, 2.05) is 35.2 Å². The van der Waals surface area contributed by atoms with Gasteiger partial charge >= 0.3 is 0 Å². The van der Waals surface area contributed by atoms with E-state index in [2.05, 4.69) is 43.6 Å². The van der Waals surface area contributed by atoms with Crippen molar-refractivity contribution in [2.75, 3.05) is 20.8 Å². The second-order valence-electron chi connectivity index (χ2n) is 6.90. The molecule has 0 aliphatic rings. The van der Waals surface area contributed by atoms with E-state index in [-0.39, 0.29) is 0 Å². The highest BCUT2D eigenvalue weighted by molar-refractivity contribution is 7.07. The molecule has 0 unspecified atom stereocenters. The summed E-state index contributed by atoms with van der Waals surface area (Å²) in [5.41, 5.74) is 6.27. The smallest absolute Gasteiger partial charge is 0.206 e. The summed E-state index contributed by atoms with van der Waals surface area (Å²) in [7, 11) is 3.31. The number of ether oxygens (including phenoxy) is 2. The molecule has 0 saturated carbocycles. The Kier molecular flexibility index (Phi) is 6.90. The van der Waals surface area contributed by atoms with E-state index in [9.17, 15) is 0 Å². The van der Waals surface area contributed by atoms with Crippen LogP contribution >= 0.6 is 11.3 Å². The van der Waals surface area contributed by atoms with Gasteiger partial charge in [0, 0.05) is 10.9 Å². The SMILES string of the molecule is C=CCN=c1scc(-c2cc(OC)ccc2OC)n1N=C(C)c1ccc(C)c(C)c1. The molecule has 0 spiro atoms. The van der Waals surface area contributed by atoms with Gasteiger partial charge in [0.1, 0.15) is 11.5 Å². The Hall–Kier alpha value is -3.12. The molecule has 3 aromatic rings. The quantitative estimate of drug-likeness (QED) is 0.388. The Morgan fingerprint density at radius 3 is 2.57 bits per heavy atom. The normalized spacial score (nSPS) is 12.2. The van der Waals surface area contributed by atoms with Gasteiger partial charge in [-0.15, -0.1) is 17.9 Å². The lowest BCUT2D eigenvalue weighted by Crippen LogP contribution is -2.15. The Morgan fingerprint density at radius 2 is 1.90 bits per heavy atom. The average molecular weight is 422 g/mol. The third kappa shape index (κ3) is 4.54. The molecule has 0 N–H and O–H groups in total. The molecule has 3 rings (SSSR count). The van der Waals surface area contributed by atoms with E-state index >= 15 is 0 Å². The van der Waals surface area contributed by atoms with E-state index in [0.717, 1.165) is 38.8 Å². The van der Waals surface area contributed by atoms with Gasteiger partial charge in [0.2, 0.25) is 4.80 Å². The first-order chi connectivity index (χ1) is 14.5. The Balaban J connectivity index is 2.21. The van der Waals surface area contributed by atoms with Crippen LogP contribution in [0.2, 0.25) is 0 Å². The van der Waals surface area contributed by atoms with E-state index in [1.165, 1.54) is 22.5 Å². The van der Waals surface area contributed by atoms with Crippen molar-refractivity contribution in [1.29, 1.82) is 0 Å². The van der Waals surface area contributed by atoms with Crippen molar-refractivity contribution in [3.05, 3.63) is 75.9 Å². The van der Waals surface area contributed by atoms with Crippen LogP contribution in [0.15, 0.2) is 64.5 Å². The number of thiazole rings is 1. The second-order valence-corrected chi connectivity index (χ2v) is 7.73. The lowest BCUT2D eigenvalue weighted by atomic mass is 10.0. The Labute approximate surface area is 181 Å². The number of aryl methyl sites for hydroxylation is 2. The van der Waals surface area contributed by atoms with Gasteiger partial charge < -0.3 is 9.47 Å². The van der Waals surface area contributed by atoms with Crippen molar-refractivity contribution in [3.8, 4) is 22.8 Å². The minimum Gasteiger partial charge on any atom is -0.497 e. The molecule has 0 amide bonds. The van der Waals surface area contributed by atoms with Crippen LogP contribution in [-0.2, 0) is 0 Å². The number of rotatable bonds is 7. The van der Waals surface area contributed by atoms with Gasteiger partial charge in [0.15, 0.2) is 0 Å². The largest absolute Gasteiger partial charge is 0.497 e. The molecular weight excluding hydrogens is 394 g/mol. The molecule has 5 nitrogen and oxygen atoms in total. The molecule has 156 valence electrons. The van der Waals surface area contributed by atoms with E-state index in [4.69, 9.17) is 14.6 Å². The third-order valence-corrected chi connectivity index (χ3v) is 5.75. The van der Waals surface area contributed by atoms with Crippen molar-refractivity contribution in [2.24, 2.45) is 10.1 Å². The maximum absolute atomic E-state index is 5.60. The Morgan fingerprint density at radius 1 is 1.10 bits per heavy atom. The zero-order chi connectivity index (χ0) is 21.7. The van der Waals surface area contributed by atoms with Crippen molar-refractivity contribution in [2.45, 2.75) is 20.8 Å². The molecule has 0 bridgehead atoms. The average Bonchev–Trinajstić information content (AvgIpc) is 3.15. The highest BCUT2D eigenvalue weighted by Gasteiger charge is 2.15. The topological polar surface area (TPSA) is 48.1 Å². The molecule has 0 fully saturated rings. The highest BCUT2D eigenvalue weighted by atomic mass is 32.1. The van der Waals surface area contributed by atoms with Crippen LogP contribution in [0.4, 0.5) is 0 Å². The van der Waals surface area contributed by atoms with Crippen LogP contribution < -0.4 is 14.3 Å². The molecule has 0 saturated heterocycles. The van der Waals surface area contributed by atoms with Crippen LogP contribution in [0.5, 0.6) is 11.5 Å². The molecule has 0 radical (unpaired) electrons. The van der Waals surface area contributed by atoms with E-state index < -0.39 is 0 Å². The molecule has 1 aromatic heterocycles. The molecule has 0 atom stereocenters. The van der Waals surface area contributed by atoms with Gasteiger partial charge in [-0.3, -0.25) is 4.99 Å². The maximum atomic E-state index is 5.60. The van der Waals surface area contributed by atoms with Crippen molar-refractivity contribution >= 4 is 17.0 Å². The van der Waals surface area contributed by atoms with Gasteiger partial charge in [0.25, 0.3) is 0 Å². The third-order valence-electron chi connectivity index (χ3n) is 4.90. The molecule has 0 aliphatic heterocycles. The standard InChI is InChI=1S/C24H27N3O2S/c1-7-12-25-24-27(26-18(4)19-9-8-16(2)17(3)13-19)22(15-30-24)21-14-20(28-5)10-11-23(21)29-6/h7-11,13-15H,1,12H2,2-6H3. The summed E-state index contributed by atoms with van der Waals surface area (Å²) in [6, 6.07) is 12.1. The molecule has 6 heteroatoms. The summed E-state index contributed by atoms with van der Waals surface area (Å²) in [5, 5.41) is 6.98. The highest BCUT2D eigenvalue weighted by Crippen LogP contribution is 2.33. The second kappa shape index (κ2) is 9.59. The maximum Gasteiger partial charge on any atom is 0.206 e. The fraction of sp³-hybridized carbons (Fsp3) is 0.250. The van der Waals surface area contributed by atoms with E-state index in [1.54, 1.807) is 20.3 Å². The number of hydrogen-bond donors (Lipinski definition) is 0. The number of benzene rings is 2. The summed E-state index contributed by atoms with van der Waals surface area (Å²) in [6.45, 7) is 10.5. The number of methoxy groups -OCH3 is 2. The zero-order valence-corrected chi connectivity index (χ0v) is 18.9. The number of aromatic nitrogens is 1. The fourth-order valence-corrected chi connectivity index (χ4v) is 3.85. The number of nitrogens with zero attached hydrogens (tertiary/aromatic N) is 3. The van der Waals surface area contributed by atoms with Crippen LogP contribution in [0.1, 0.15) is 23.6 Å². The molecule has 2 aromatic carbocycles. The molecule has 1 heterocycles. The molecular formula is C24H27N3O2S. The van der Waals surface area contributed by atoms with Crippen LogP contribution in [0.25, 0.3) is 11.3 Å². The molecule has 30 heavy (non-hydrogen) atoms. The molecule has 0 aliphatic carbocycles. The first-order valence-corrected chi connectivity index (χ1v) is 10.5. The number of hydrogen-bond acceptors (Lipinski definition) is 5. The van der Waals surface area contributed by atoms with Gasteiger partial charge in [-0.05, 0) is 61.7 Å². The van der Waals surface area contributed by atoms with Crippen LogP contribution in [0, 0.1) is 13.8 Å². The predicted octanol–water partition coefficient (Wildman–Crippen LogP) is 5.21. The van der Waals surface area contributed by atoms with Gasteiger partial charge in [-0.25, -0.2) is 4.68 Å². The first-order valence-electron chi connectivity index (χ1n) is 9.66. The van der Waals surface area contributed by atoms with Gasteiger partial charge in [-0.1, -0.05) is 18.2 Å². The first kappa shape index (κ1) is 21.6.